The van der Waals surface area contributed by atoms with Crippen molar-refractivity contribution in [3.05, 3.63) is 48.3 Å². The van der Waals surface area contributed by atoms with Crippen LogP contribution in [0.1, 0.15) is 25.3 Å². The Morgan fingerprint density at radius 2 is 2.04 bits per heavy atom. The second-order valence-electron chi connectivity index (χ2n) is 5.96. The smallest absolute Gasteiger partial charge is 0.191 e. The van der Waals surface area contributed by atoms with Crippen LogP contribution in [-0.2, 0) is 6.42 Å². The Kier molecular flexibility index (Phi) is 7.55. The molecule has 24 heavy (non-hydrogen) atoms. The monoisotopic (exact) mass is 439 g/mol. The Morgan fingerprint density at radius 1 is 1.25 bits per heavy atom. The largest absolute Gasteiger partial charge is 0.357 e. The summed E-state index contributed by atoms with van der Waals surface area (Å²) in [4.78, 5) is 4.64. The lowest BCUT2D eigenvalue weighted by atomic mass is 10.1. The number of aliphatic imine (C=N–C) groups is 1. The van der Waals surface area contributed by atoms with Gasteiger partial charge in [0.2, 0.25) is 0 Å². The van der Waals surface area contributed by atoms with Gasteiger partial charge in [-0.05, 0) is 55.9 Å². The molecule has 0 unspecified atom stereocenters. The lowest BCUT2D eigenvalue weighted by Gasteiger charge is -2.11. The van der Waals surface area contributed by atoms with Crippen LogP contribution in [0, 0.1) is 5.92 Å². The fraction of sp³-hybridized carbons (Fsp3) is 0.444. The maximum absolute atomic E-state index is 4.64. The third-order valence-electron chi connectivity index (χ3n) is 3.96. The second kappa shape index (κ2) is 9.66. The lowest BCUT2D eigenvalue weighted by Crippen LogP contribution is -2.38. The van der Waals surface area contributed by atoms with Gasteiger partial charge in [0.15, 0.2) is 5.96 Å². The SMILES string of the molecule is CCNC(=NCC1CC1)NCCc1ccc(-n2cccn2)cc1.I. The predicted molar refractivity (Wildman–Crippen MR) is 109 cm³/mol. The Morgan fingerprint density at radius 3 is 2.67 bits per heavy atom. The maximum Gasteiger partial charge on any atom is 0.191 e. The summed E-state index contributed by atoms with van der Waals surface area (Å²) in [6, 6.07) is 10.5. The number of benzene rings is 1. The molecule has 6 heteroatoms. The van der Waals surface area contributed by atoms with Crippen molar-refractivity contribution in [3.63, 3.8) is 0 Å². The van der Waals surface area contributed by atoms with Crippen LogP contribution in [0.3, 0.4) is 0 Å². The van der Waals surface area contributed by atoms with Gasteiger partial charge in [0.25, 0.3) is 0 Å². The molecule has 2 N–H and O–H groups in total. The minimum absolute atomic E-state index is 0. The molecule has 130 valence electrons. The number of guanidine groups is 1. The zero-order valence-electron chi connectivity index (χ0n) is 14.1. The zero-order valence-corrected chi connectivity index (χ0v) is 16.4. The third kappa shape index (κ3) is 5.81. The third-order valence-corrected chi connectivity index (χ3v) is 3.96. The molecule has 1 aliphatic rings. The van der Waals surface area contributed by atoms with Crippen molar-refractivity contribution in [2.24, 2.45) is 10.9 Å². The maximum atomic E-state index is 4.64. The highest BCUT2D eigenvalue weighted by atomic mass is 127. The number of hydrogen-bond acceptors (Lipinski definition) is 2. The highest BCUT2D eigenvalue weighted by Crippen LogP contribution is 2.28. The molecular formula is C18H26IN5. The van der Waals surface area contributed by atoms with Crippen molar-refractivity contribution in [2.75, 3.05) is 19.6 Å². The van der Waals surface area contributed by atoms with Gasteiger partial charge in [0.1, 0.15) is 0 Å². The Bertz CT molecular complexity index is 617. The van der Waals surface area contributed by atoms with Crippen LogP contribution < -0.4 is 10.6 Å². The molecule has 1 aliphatic carbocycles. The zero-order chi connectivity index (χ0) is 15.9. The average molecular weight is 439 g/mol. The fourth-order valence-electron chi connectivity index (χ4n) is 2.42. The van der Waals surface area contributed by atoms with Gasteiger partial charge < -0.3 is 10.6 Å². The van der Waals surface area contributed by atoms with Gasteiger partial charge in [0.05, 0.1) is 5.69 Å². The summed E-state index contributed by atoms with van der Waals surface area (Å²) in [6.07, 6.45) is 7.40. The van der Waals surface area contributed by atoms with E-state index >= 15 is 0 Å². The minimum Gasteiger partial charge on any atom is -0.357 e. The van der Waals surface area contributed by atoms with Gasteiger partial charge in [-0.1, -0.05) is 12.1 Å². The van der Waals surface area contributed by atoms with Crippen LogP contribution >= 0.6 is 24.0 Å². The van der Waals surface area contributed by atoms with Gasteiger partial charge in [0, 0.05) is 32.0 Å². The van der Waals surface area contributed by atoms with Gasteiger partial charge >= 0.3 is 0 Å². The molecule has 1 aromatic heterocycles. The lowest BCUT2D eigenvalue weighted by molar-refractivity contribution is 0.776. The summed E-state index contributed by atoms with van der Waals surface area (Å²) in [7, 11) is 0. The van der Waals surface area contributed by atoms with E-state index in [4.69, 9.17) is 0 Å². The number of rotatable bonds is 7. The Labute approximate surface area is 161 Å². The summed E-state index contributed by atoms with van der Waals surface area (Å²) in [5.74, 6) is 1.76. The standard InChI is InChI=1S/C18H25N5.HI/c1-2-19-18(21-14-16-4-5-16)20-12-10-15-6-8-17(9-7-15)23-13-3-11-22-23;/h3,6-9,11,13,16H,2,4-5,10,12,14H2,1H3,(H2,19,20,21);1H. The first kappa shape index (κ1) is 18.8. The molecule has 3 rings (SSSR count). The summed E-state index contributed by atoms with van der Waals surface area (Å²) >= 11 is 0. The number of aromatic nitrogens is 2. The molecule has 1 aromatic carbocycles. The number of hydrogen-bond donors (Lipinski definition) is 2. The van der Waals surface area contributed by atoms with Crippen molar-refractivity contribution in [2.45, 2.75) is 26.2 Å². The van der Waals surface area contributed by atoms with Crippen LogP contribution in [0.2, 0.25) is 0 Å². The van der Waals surface area contributed by atoms with Crippen molar-refractivity contribution in [1.29, 1.82) is 0 Å². The Balaban J connectivity index is 0.00000208. The highest BCUT2D eigenvalue weighted by molar-refractivity contribution is 14.0. The predicted octanol–water partition coefficient (Wildman–Crippen LogP) is 3.00. The van der Waals surface area contributed by atoms with Crippen LogP contribution in [0.5, 0.6) is 0 Å². The van der Waals surface area contributed by atoms with E-state index in [2.05, 4.69) is 51.9 Å². The molecule has 1 fully saturated rings. The van der Waals surface area contributed by atoms with Crippen LogP contribution in [0.15, 0.2) is 47.7 Å². The molecule has 2 aromatic rings. The normalized spacial score (nSPS) is 14.1. The molecule has 0 radical (unpaired) electrons. The van der Waals surface area contributed by atoms with Gasteiger partial charge in [-0.3, -0.25) is 4.99 Å². The average Bonchev–Trinajstić information content (AvgIpc) is 3.24. The summed E-state index contributed by atoms with van der Waals surface area (Å²) in [5, 5.41) is 11.0. The van der Waals surface area contributed by atoms with Crippen molar-refractivity contribution < 1.29 is 0 Å². The quantitative estimate of drug-likeness (QED) is 0.396. The summed E-state index contributed by atoms with van der Waals surface area (Å²) < 4.78 is 1.87. The first-order valence-corrected chi connectivity index (χ1v) is 8.46. The molecule has 0 saturated heterocycles. The topological polar surface area (TPSA) is 54.2 Å². The summed E-state index contributed by atoms with van der Waals surface area (Å²) in [5.41, 5.74) is 2.40. The summed E-state index contributed by atoms with van der Waals surface area (Å²) in [6.45, 7) is 4.84. The first-order chi connectivity index (χ1) is 11.3. The van der Waals surface area contributed by atoms with E-state index in [1.165, 1.54) is 18.4 Å². The van der Waals surface area contributed by atoms with E-state index < -0.39 is 0 Å². The van der Waals surface area contributed by atoms with E-state index in [-0.39, 0.29) is 24.0 Å². The van der Waals surface area contributed by atoms with Crippen molar-refractivity contribution in [3.8, 4) is 5.69 Å². The molecule has 1 heterocycles. The van der Waals surface area contributed by atoms with E-state index in [9.17, 15) is 0 Å². The number of halogens is 1. The van der Waals surface area contributed by atoms with E-state index in [0.717, 1.165) is 43.6 Å². The number of nitrogens with zero attached hydrogens (tertiary/aromatic N) is 3. The second-order valence-corrected chi connectivity index (χ2v) is 5.96. The van der Waals surface area contributed by atoms with Gasteiger partial charge in [-0.25, -0.2) is 4.68 Å². The van der Waals surface area contributed by atoms with Crippen LogP contribution in [0.25, 0.3) is 5.69 Å². The van der Waals surface area contributed by atoms with Crippen LogP contribution in [-0.4, -0.2) is 35.4 Å². The molecule has 0 aliphatic heterocycles. The number of nitrogens with one attached hydrogen (secondary N) is 2. The van der Waals surface area contributed by atoms with E-state index in [0.29, 0.717) is 0 Å². The van der Waals surface area contributed by atoms with E-state index in [1.807, 2.05) is 16.9 Å². The van der Waals surface area contributed by atoms with Crippen molar-refractivity contribution >= 4 is 29.9 Å². The van der Waals surface area contributed by atoms with Crippen LogP contribution in [0.4, 0.5) is 0 Å². The minimum atomic E-state index is 0. The molecule has 1 saturated carbocycles. The molecule has 0 bridgehead atoms. The molecular weight excluding hydrogens is 413 g/mol. The molecule has 0 spiro atoms. The van der Waals surface area contributed by atoms with E-state index in [1.54, 1.807) is 6.20 Å². The van der Waals surface area contributed by atoms with Crippen molar-refractivity contribution in [1.82, 2.24) is 20.4 Å². The van der Waals surface area contributed by atoms with Gasteiger partial charge in [-0.2, -0.15) is 5.10 Å². The van der Waals surface area contributed by atoms with Gasteiger partial charge in [-0.15, -0.1) is 24.0 Å². The molecule has 5 nitrogen and oxygen atoms in total. The fourth-order valence-corrected chi connectivity index (χ4v) is 2.42. The molecule has 0 amide bonds. The Hall–Kier alpha value is -1.57. The highest BCUT2D eigenvalue weighted by Gasteiger charge is 2.20. The first-order valence-electron chi connectivity index (χ1n) is 8.46. The molecule has 0 atom stereocenters.